The number of nitro benzene ring substituents is 1. The fourth-order valence-electron chi connectivity index (χ4n) is 1.38. The lowest BCUT2D eigenvalue weighted by Gasteiger charge is -2.09. The van der Waals surface area contributed by atoms with Crippen molar-refractivity contribution in [3.63, 3.8) is 0 Å². The Hall–Kier alpha value is -1.69. The largest absolute Gasteiger partial charge is 0.393 e. The van der Waals surface area contributed by atoms with Crippen molar-refractivity contribution in [2.24, 2.45) is 0 Å². The number of aryl methyl sites for hydroxylation is 1. The summed E-state index contributed by atoms with van der Waals surface area (Å²) in [5.41, 5.74) is 0.323. The van der Waals surface area contributed by atoms with Crippen LogP contribution in [-0.4, -0.2) is 22.7 Å². The minimum Gasteiger partial charge on any atom is -0.393 e. The second kappa shape index (κ2) is 5.58. The van der Waals surface area contributed by atoms with Gasteiger partial charge in [0.1, 0.15) is 11.5 Å². The van der Waals surface area contributed by atoms with E-state index < -0.39 is 16.8 Å². The highest BCUT2D eigenvalue weighted by Gasteiger charge is 2.16. The van der Waals surface area contributed by atoms with E-state index in [4.69, 9.17) is 5.11 Å². The predicted molar refractivity (Wildman–Crippen MR) is 62.6 cm³/mol. The van der Waals surface area contributed by atoms with Gasteiger partial charge in [0.2, 0.25) is 0 Å². The second-order valence-electron chi connectivity index (χ2n) is 3.94. The van der Waals surface area contributed by atoms with E-state index in [0.717, 1.165) is 6.07 Å². The van der Waals surface area contributed by atoms with E-state index in [-0.39, 0.29) is 11.4 Å². The summed E-state index contributed by atoms with van der Waals surface area (Å²) in [7, 11) is 0. The molecule has 1 atom stereocenters. The standard InChI is InChI=1S/C11H15FN2O3/c1-7-5-10(13-4-3-8(2)15)11(14(16)17)6-9(7)12/h5-6,8,13,15H,3-4H2,1-2H3. The Morgan fingerprint density at radius 2 is 2.24 bits per heavy atom. The molecule has 0 heterocycles. The molecular weight excluding hydrogens is 227 g/mol. The van der Waals surface area contributed by atoms with Gasteiger partial charge in [0.05, 0.1) is 17.1 Å². The fraction of sp³-hybridized carbons (Fsp3) is 0.455. The quantitative estimate of drug-likeness (QED) is 0.613. The summed E-state index contributed by atoms with van der Waals surface area (Å²) in [5.74, 6) is -0.599. The molecule has 6 heteroatoms. The van der Waals surface area contributed by atoms with E-state index in [1.54, 1.807) is 13.8 Å². The summed E-state index contributed by atoms with van der Waals surface area (Å²) in [4.78, 5) is 10.1. The first-order chi connectivity index (χ1) is 7.91. The molecule has 17 heavy (non-hydrogen) atoms. The number of nitrogens with zero attached hydrogens (tertiary/aromatic N) is 1. The lowest BCUT2D eigenvalue weighted by Crippen LogP contribution is -2.11. The third-order valence-electron chi connectivity index (χ3n) is 2.35. The zero-order valence-electron chi connectivity index (χ0n) is 9.74. The van der Waals surface area contributed by atoms with Crippen molar-refractivity contribution in [3.05, 3.63) is 33.6 Å². The summed E-state index contributed by atoms with van der Waals surface area (Å²) in [6.07, 6.45) is -0.0174. The number of aliphatic hydroxyl groups excluding tert-OH is 1. The molecule has 1 unspecified atom stereocenters. The summed E-state index contributed by atoms with van der Waals surface area (Å²) in [5, 5.41) is 22.6. The molecule has 0 bridgehead atoms. The minimum atomic E-state index is -0.632. The van der Waals surface area contributed by atoms with Crippen LogP contribution in [0.15, 0.2) is 12.1 Å². The van der Waals surface area contributed by atoms with Crippen LogP contribution in [0, 0.1) is 22.9 Å². The highest BCUT2D eigenvalue weighted by Crippen LogP contribution is 2.27. The smallest absolute Gasteiger partial charge is 0.295 e. The first kappa shape index (κ1) is 13.4. The van der Waals surface area contributed by atoms with E-state index in [2.05, 4.69) is 5.32 Å². The normalized spacial score (nSPS) is 12.2. The number of benzene rings is 1. The first-order valence-corrected chi connectivity index (χ1v) is 5.28. The van der Waals surface area contributed by atoms with Gasteiger partial charge in [-0.25, -0.2) is 4.39 Å². The molecule has 0 aliphatic rings. The van der Waals surface area contributed by atoms with Crippen LogP contribution in [0.4, 0.5) is 15.8 Å². The molecule has 5 nitrogen and oxygen atoms in total. The van der Waals surface area contributed by atoms with Gasteiger partial charge >= 0.3 is 0 Å². The molecule has 0 saturated heterocycles. The van der Waals surface area contributed by atoms with Crippen molar-refractivity contribution in [1.82, 2.24) is 0 Å². The lowest BCUT2D eigenvalue weighted by atomic mass is 10.1. The second-order valence-corrected chi connectivity index (χ2v) is 3.94. The van der Waals surface area contributed by atoms with E-state index >= 15 is 0 Å². The molecule has 0 aliphatic carbocycles. The van der Waals surface area contributed by atoms with Crippen molar-refractivity contribution >= 4 is 11.4 Å². The maximum absolute atomic E-state index is 13.2. The zero-order chi connectivity index (χ0) is 13.0. The highest BCUT2D eigenvalue weighted by atomic mass is 19.1. The Morgan fingerprint density at radius 3 is 2.76 bits per heavy atom. The number of nitrogens with one attached hydrogen (secondary N) is 1. The molecule has 0 aliphatic heterocycles. The summed E-state index contributed by atoms with van der Waals surface area (Å²) in [6.45, 7) is 3.56. The van der Waals surface area contributed by atoms with Gasteiger partial charge < -0.3 is 10.4 Å². The van der Waals surface area contributed by atoms with Crippen molar-refractivity contribution in [2.45, 2.75) is 26.4 Å². The average molecular weight is 242 g/mol. The van der Waals surface area contributed by atoms with Crippen molar-refractivity contribution < 1.29 is 14.4 Å². The Kier molecular flexibility index (Phi) is 4.39. The number of hydrogen-bond donors (Lipinski definition) is 2. The van der Waals surface area contributed by atoms with Gasteiger partial charge in [0, 0.05) is 6.54 Å². The fourth-order valence-corrected chi connectivity index (χ4v) is 1.38. The number of nitro groups is 1. The summed E-state index contributed by atoms with van der Waals surface area (Å²) in [6, 6.07) is 2.30. The minimum absolute atomic E-state index is 0.273. The van der Waals surface area contributed by atoms with Gasteiger partial charge in [-0.15, -0.1) is 0 Å². The Balaban J connectivity index is 2.89. The van der Waals surface area contributed by atoms with Gasteiger partial charge in [0.25, 0.3) is 5.69 Å². The third-order valence-corrected chi connectivity index (χ3v) is 2.35. The Bertz CT molecular complexity index is 421. The molecule has 1 rings (SSSR count). The van der Waals surface area contributed by atoms with E-state index in [0.29, 0.717) is 18.5 Å². The molecule has 1 aromatic carbocycles. The number of halogens is 1. The van der Waals surface area contributed by atoms with Crippen LogP contribution in [0.5, 0.6) is 0 Å². The lowest BCUT2D eigenvalue weighted by molar-refractivity contribution is -0.384. The monoisotopic (exact) mass is 242 g/mol. The molecule has 0 aromatic heterocycles. The van der Waals surface area contributed by atoms with Crippen LogP contribution < -0.4 is 5.32 Å². The van der Waals surface area contributed by atoms with Crippen LogP contribution in [0.2, 0.25) is 0 Å². The van der Waals surface area contributed by atoms with Gasteiger partial charge in [0.15, 0.2) is 0 Å². The van der Waals surface area contributed by atoms with Crippen LogP contribution in [-0.2, 0) is 0 Å². The van der Waals surface area contributed by atoms with Gasteiger partial charge in [-0.1, -0.05) is 0 Å². The van der Waals surface area contributed by atoms with Crippen LogP contribution in [0.1, 0.15) is 18.9 Å². The molecular formula is C11H15FN2O3. The molecule has 2 N–H and O–H groups in total. The van der Waals surface area contributed by atoms with Gasteiger partial charge in [-0.05, 0) is 31.9 Å². The topological polar surface area (TPSA) is 75.4 Å². The maximum atomic E-state index is 13.2. The van der Waals surface area contributed by atoms with E-state index in [1.807, 2.05) is 0 Å². The van der Waals surface area contributed by atoms with Crippen LogP contribution in [0.3, 0.4) is 0 Å². The number of aliphatic hydroxyl groups is 1. The zero-order valence-corrected chi connectivity index (χ0v) is 9.74. The van der Waals surface area contributed by atoms with E-state index in [1.165, 1.54) is 6.07 Å². The summed E-state index contributed by atoms with van der Waals surface area (Å²) < 4.78 is 13.2. The SMILES string of the molecule is Cc1cc(NCCC(C)O)c([N+](=O)[O-])cc1F. The highest BCUT2D eigenvalue weighted by molar-refractivity contribution is 5.63. The number of rotatable bonds is 5. The van der Waals surface area contributed by atoms with Crippen molar-refractivity contribution in [3.8, 4) is 0 Å². The predicted octanol–water partition coefficient (Wildman–Crippen LogP) is 2.23. The molecule has 0 fully saturated rings. The van der Waals surface area contributed by atoms with Gasteiger partial charge in [-0.2, -0.15) is 0 Å². The molecule has 94 valence electrons. The first-order valence-electron chi connectivity index (χ1n) is 5.28. The van der Waals surface area contributed by atoms with Crippen molar-refractivity contribution in [1.29, 1.82) is 0 Å². The maximum Gasteiger partial charge on any atom is 0.295 e. The molecule has 0 amide bonds. The van der Waals surface area contributed by atoms with Crippen molar-refractivity contribution in [2.75, 3.05) is 11.9 Å². The van der Waals surface area contributed by atoms with Crippen LogP contribution in [0.25, 0.3) is 0 Å². The number of hydrogen-bond acceptors (Lipinski definition) is 4. The Morgan fingerprint density at radius 1 is 1.59 bits per heavy atom. The third kappa shape index (κ3) is 3.67. The summed E-state index contributed by atoms with van der Waals surface area (Å²) >= 11 is 0. The Labute approximate surface area is 98.4 Å². The molecule has 0 radical (unpaired) electrons. The van der Waals surface area contributed by atoms with Gasteiger partial charge in [-0.3, -0.25) is 10.1 Å². The molecule has 0 spiro atoms. The average Bonchev–Trinajstić information content (AvgIpc) is 2.22. The molecule has 1 aromatic rings. The molecule has 0 saturated carbocycles. The van der Waals surface area contributed by atoms with E-state index in [9.17, 15) is 14.5 Å². The number of anilines is 1. The van der Waals surface area contributed by atoms with Crippen LogP contribution >= 0.6 is 0 Å².